The molecule has 0 bridgehead atoms. The average Bonchev–Trinajstić information content (AvgIpc) is 3.13. The minimum Gasteiger partial charge on any atom is -0.385 e. The number of rotatable bonds is 4. The number of hydrogen-bond acceptors (Lipinski definition) is 7. The molecule has 3 aromatic rings. The summed E-state index contributed by atoms with van der Waals surface area (Å²) in [4.78, 5) is 33.8. The lowest BCUT2D eigenvalue weighted by Crippen LogP contribution is -2.38. The first-order valence-corrected chi connectivity index (χ1v) is 9.03. The largest absolute Gasteiger partial charge is 0.385 e. The number of hydrogen-bond donors (Lipinski definition) is 1. The van der Waals surface area contributed by atoms with Crippen molar-refractivity contribution in [2.45, 2.75) is 18.9 Å². The number of aliphatic hydroxyl groups is 1. The van der Waals surface area contributed by atoms with E-state index in [1.54, 1.807) is 40.1 Å². The second-order valence-corrected chi connectivity index (χ2v) is 6.94. The van der Waals surface area contributed by atoms with Crippen molar-refractivity contribution < 1.29 is 10.0 Å². The van der Waals surface area contributed by atoms with Gasteiger partial charge in [-0.05, 0) is 30.9 Å². The first-order chi connectivity index (χ1) is 13.5. The summed E-state index contributed by atoms with van der Waals surface area (Å²) in [7, 11) is 1.83. The molecule has 1 fully saturated rings. The molecule has 10 nitrogen and oxygen atoms in total. The quantitative estimate of drug-likeness (QED) is 0.532. The van der Waals surface area contributed by atoms with Crippen molar-refractivity contribution in [3.63, 3.8) is 0 Å². The minimum absolute atomic E-state index is 0.0158. The molecule has 0 aliphatic carbocycles. The van der Waals surface area contributed by atoms with E-state index in [1.165, 1.54) is 10.6 Å². The fourth-order valence-electron chi connectivity index (χ4n) is 3.75. The normalized spacial score (nSPS) is 16.4. The SMILES string of the molecule is Cn1ccnc1C(O)C1CCN(c2nc3ccccn3c(=O)c2[N+](=O)[O-])CC1. The van der Waals surface area contributed by atoms with Crippen molar-refractivity contribution in [3.05, 3.63) is 63.1 Å². The second-order valence-electron chi connectivity index (χ2n) is 6.94. The van der Waals surface area contributed by atoms with Crippen LogP contribution in [0.4, 0.5) is 11.5 Å². The highest BCUT2D eigenvalue weighted by Crippen LogP contribution is 2.33. The Balaban J connectivity index is 1.62. The van der Waals surface area contributed by atoms with Gasteiger partial charge in [-0.2, -0.15) is 0 Å². The molecule has 4 heterocycles. The van der Waals surface area contributed by atoms with Crippen molar-refractivity contribution in [1.29, 1.82) is 0 Å². The standard InChI is InChI=1S/C18H20N6O4/c1-21-11-7-19-17(21)15(25)12-5-9-22(10-6-12)16-14(24(27)28)18(26)23-8-3-2-4-13(23)20-16/h2-4,7-8,11-12,15,25H,5-6,9-10H2,1H3. The molecule has 1 atom stereocenters. The fraction of sp³-hybridized carbons (Fsp3) is 0.389. The molecule has 0 radical (unpaired) electrons. The van der Waals surface area contributed by atoms with Crippen LogP contribution in [-0.2, 0) is 7.05 Å². The van der Waals surface area contributed by atoms with Gasteiger partial charge in [-0.1, -0.05) is 6.07 Å². The monoisotopic (exact) mass is 384 g/mol. The van der Waals surface area contributed by atoms with Crippen LogP contribution >= 0.6 is 0 Å². The van der Waals surface area contributed by atoms with E-state index in [0.717, 1.165) is 0 Å². The molecule has 1 unspecified atom stereocenters. The summed E-state index contributed by atoms with van der Waals surface area (Å²) in [6.45, 7) is 0.922. The number of anilines is 1. The van der Waals surface area contributed by atoms with Crippen molar-refractivity contribution in [2.24, 2.45) is 13.0 Å². The number of nitrogens with zero attached hydrogens (tertiary/aromatic N) is 6. The van der Waals surface area contributed by atoms with E-state index in [0.29, 0.717) is 37.4 Å². The van der Waals surface area contributed by atoms with Crippen LogP contribution in [0.3, 0.4) is 0 Å². The smallest absolute Gasteiger partial charge is 0.376 e. The van der Waals surface area contributed by atoms with Gasteiger partial charge < -0.3 is 14.6 Å². The van der Waals surface area contributed by atoms with Crippen LogP contribution in [0.1, 0.15) is 24.8 Å². The van der Waals surface area contributed by atoms with Gasteiger partial charge >= 0.3 is 11.2 Å². The zero-order valence-electron chi connectivity index (χ0n) is 15.3. The first kappa shape index (κ1) is 18.1. The number of nitro groups is 1. The Kier molecular flexibility index (Phi) is 4.55. The number of piperidine rings is 1. The predicted molar refractivity (Wildman–Crippen MR) is 101 cm³/mol. The number of pyridine rings is 1. The van der Waals surface area contributed by atoms with E-state index >= 15 is 0 Å². The molecule has 1 saturated heterocycles. The average molecular weight is 384 g/mol. The number of aryl methyl sites for hydroxylation is 1. The molecule has 0 amide bonds. The maximum absolute atomic E-state index is 12.6. The second kappa shape index (κ2) is 7.04. The third-order valence-corrected chi connectivity index (χ3v) is 5.28. The molecule has 0 saturated carbocycles. The van der Waals surface area contributed by atoms with Crippen molar-refractivity contribution in [1.82, 2.24) is 18.9 Å². The molecule has 0 aromatic carbocycles. The van der Waals surface area contributed by atoms with Crippen LogP contribution in [0.2, 0.25) is 0 Å². The molecule has 1 aliphatic rings. The summed E-state index contributed by atoms with van der Waals surface area (Å²) in [5, 5.41) is 22.2. The van der Waals surface area contributed by atoms with E-state index in [4.69, 9.17) is 0 Å². The van der Waals surface area contributed by atoms with E-state index in [-0.39, 0.29) is 11.7 Å². The maximum atomic E-state index is 12.6. The summed E-state index contributed by atoms with van der Waals surface area (Å²) >= 11 is 0. The van der Waals surface area contributed by atoms with Crippen molar-refractivity contribution in [2.75, 3.05) is 18.0 Å². The van der Waals surface area contributed by atoms with Gasteiger partial charge in [-0.3, -0.25) is 19.3 Å². The van der Waals surface area contributed by atoms with Crippen LogP contribution in [0.25, 0.3) is 5.65 Å². The molecule has 1 aliphatic heterocycles. The summed E-state index contributed by atoms with van der Waals surface area (Å²) in [5.41, 5.74) is -0.851. The van der Waals surface area contributed by atoms with Crippen molar-refractivity contribution >= 4 is 17.2 Å². The van der Waals surface area contributed by atoms with Crippen LogP contribution in [0.15, 0.2) is 41.6 Å². The van der Waals surface area contributed by atoms with E-state index in [9.17, 15) is 20.0 Å². The topological polar surface area (TPSA) is 119 Å². The fourth-order valence-corrected chi connectivity index (χ4v) is 3.75. The van der Waals surface area contributed by atoms with Gasteiger partial charge in [-0.15, -0.1) is 0 Å². The number of imidazole rings is 1. The molecule has 146 valence electrons. The Labute approximate surface area is 159 Å². The molecule has 4 rings (SSSR count). The van der Waals surface area contributed by atoms with Gasteiger partial charge in [0.15, 0.2) is 0 Å². The molecular formula is C18H20N6O4. The Morgan fingerprint density at radius 1 is 1.29 bits per heavy atom. The maximum Gasteiger partial charge on any atom is 0.376 e. The summed E-state index contributed by atoms with van der Waals surface area (Å²) < 4.78 is 2.97. The van der Waals surface area contributed by atoms with E-state index in [1.807, 2.05) is 7.05 Å². The lowest BCUT2D eigenvalue weighted by Gasteiger charge is -2.34. The Morgan fingerprint density at radius 3 is 2.68 bits per heavy atom. The Morgan fingerprint density at radius 2 is 2.04 bits per heavy atom. The van der Waals surface area contributed by atoms with Crippen LogP contribution in [-0.4, -0.2) is 42.1 Å². The summed E-state index contributed by atoms with van der Waals surface area (Å²) in [5.74, 6) is 0.676. The summed E-state index contributed by atoms with van der Waals surface area (Å²) in [6, 6.07) is 5.00. The van der Waals surface area contributed by atoms with Gasteiger partial charge in [0, 0.05) is 38.7 Å². The van der Waals surface area contributed by atoms with Crippen LogP contribution in [0, 0.1) is 16.0 Å². The zero-order chi connectivity index (χ0) is 19.8. The highest BCUT2D eigenvalue weighted by Gasteiger charge is 2.33. The Hall–Kier alpha value is -3.27. The Bertz CT molecular complexity index is 1080. The third-order valence-electron chi connectivity index (χ3n) is 5.28. The van der Waals surface area contributed by atoms with Gasteiger partial charge in [0.1, 0.15) is 17.6 Å². The number of aliphatic hydroxyl groups excluding tert-OH is 1. The van der Waals surface area contributed by atoms with Crippen LogP contribution in [0.5, 0.6) is 0 Å². The summed E-state index contributed by atoms with van der Waals surface area (Å²) in [6.07, 6.45) is 5.42. The lowest BCUT2D eigenvalue weighted by atomic mass is 9.90. The van der Waals surface area contributed by atoms with Gasteiger partial charge in [0.2, 0.25) is 5.82 Å². The lowest BCUT2D eigenvalue weighted by molar-refractivity contribution is -0.385. The molecule has 0 spiro atoms. The highest BCUT2D eigenvalue weighted by atomic mass is 16.6. The molecular weight excluding hydrogens is 364 g/mol. The van der Waals surface area contributed by atoms with Crippen LogP contribution < -0.4 is 10.5 Å². The van der Waals surface area contributed by atoms with Crippen molar-refractivity contribution in [3.8, 4) is 0 Å². The number of aromatic nitrogens is 4. The molecule has 3 aromatic heterocycles. The van der Waals surface area contributed by atoms with E-state index in [2.05, 4.69) is 9.97 Å². The highest BCUT2D eigenvalue weighted by molar-refractivity contribution is 5.61. The molecule has 28 heavy (non-hydrogen) atoms. The van der Waals surface area contributed by atoms with Gasteiger partial charge in [-0.25, -0.2) is 9.97 Å². The first-order valence-electron chi connectivity index (χ1n) is 9.03. The minimum atomic E-state index is -0.702. The third kappa shape index (κ3) is 3.01. The zero-order valence-corrected chi connectivity index (χ0v) is 15.3. The van der Waals surface area contributed by atoms with Gasteiger partial charge in [0.05, 0.1) is 4.92 Å². The molecule has 1 N–H and O–H groups in total. The molecule has 10 heteroatoms. The van der Waals surface area contributed by atoms with E-state index < -0.39 is 22.3 Å². The predicted octanol–water partition coefficient (Wildman–Crippen LogP) is 1.29. The number of fused-ring (bicyclic) bond motifs is 1. The van der Waals surface area contributed by atoms with Gasteiger partial charge in [0.25, 0.3) is 0 Å².